The third kappa shape index (κ3) is 6.28. The number of amides is 1. The molecule has 0 radical (unpaired) electrons. The lowest BCUT2D eigenvalue weighted by Crippen LogP contribution is -2.21. The summed E-state index contributed by atoms with van der Waals surface area (Å²) in [6.45, 7) is 4.47. The van der Waals surface area contributed by atoms with Gasteiger partial charge in [0.2, 0.25) is 11.9 Å². The average Bonchev–Trinajstić information content (AvgIpc) is 2.47. The number of rotatable bonds is 6. The van der Waals surface area contributed by atoms with E-state index in [1.54, 1.807) is 18.2 Å². The van der Waals surface area contributed by atoms with E-state index in [4.69, 9.17) is 0 Å². The fraction of sp³-hybridized carbons (Fsp3) is 0.312. The Hall–Kier alpha value is -2.84. The summed E-state index contributed by atoms with van der Waals surface area (Å²) < 4.78 is 36.4. The van der Waals surface area contributed by atoms with Crippen LogP contribution in [0.1, 0.15) is 19.0 Å². The van der Waals surface area contributed by atoms with Crippen molar-refractivity contribution < 1.29 is 18.0 Å². The van der Waals surface area contributed by atoms with Crippen LogP contribution in [0.5, 0.6) is 0 Å². The van der Waals surface area contributed by atoms with Crippen LogP contribution < -0.4 is 16.0 Å². The highest BCUT2D eigenvalue weighted by molar-refractivity contribution is 5.91. The first-order chi connectivity index (χ1) is 11.7. The second kappa shape index (κ2) is 7.82. The van der Waals surface area contributed by atoms with Gasteiger partial charge in [0.25, 0.3) is 0 Å². The molecule has 1 amide bonds. The van der Waals surface area contributed by atoms with Crippen molar-refractivity contribution in [3.63, 3.8) is 0 Å². The van der Waals surface area contributed by atoms with Gasteiger partial charge in [-0.25, -0.2) is 4.98 Å². The number of aromatic nitrogens is 2. The van der Waals surface area contributed by atoms with E-state index in [9.17, 15) is 18.0 Å². The Morgan fingerprint density at radius 1 is 1.12 bits per heavy atom. The molecule has 0 aliphatic carbocycles. The fourth-order valence-electron chi connectivity index (χ4n) is 2.04. The lowest BCUT2D eigenvalue weighted by Gasteiger charge is -2.11. The normalized spacial score (nSPS) is 11.1. The van der Waals surface area contributed by atoms with Crippen molar-refractivity contribution in [2.24, 2.45) is 0 Å². The number of anilines is 4. The van der Waals surface area contributed by atoms with E-state index >= 15 is 0 Å². The van der Waals surface area contributed by atoms with Crippen molar-refractivity contribution in [2.45, 2.75) is 26.4 Å². The number of carbonyl (C=O) groups is 1. The van der Waals surface area contributed by atoms with Crippen molar-refractivity contribution >= 4 is 29.0 Å². The van der Waals surface area contributed by atoms with Crippen LogP contribution in [0.25, 0.3) is 0 Å². The van der Waals surface area contributed by atoms with Gasteiger partial charge in [-0.2, -0.15) is 18.2 Å². The molecule has 3 N–H and O–H groups in total. The van der Waals surface area contributed by atoms with Gasteiger partial charge in [-0.1, -0.05) is 0 Å². The largest absolute Gasteiger partial charge is 0.397 e. The van der Waals surface area contributed by atoms with Crippen LogP contribution in [-0.4, -0.2) is 28.6 Å². The molecule has 0 fully saturated rings. The zero-order valence-electron chi connectivity index (χ0n) is 13.7. The highest BCUT2D eigenvalue weighted by Crippen LogP contribution is 2.22. The smallest absolute Gasteiger partial charge is 0.354 e. The van der Waals surface area contributed by atoms with Crippen molar-refractivity contribution in [3.8, 4) is 0 Å². The third-order valence-electron chi connectivity index (χ3n) is 2.99. The van der Waals surface area contributed by atoms with E-state index in [0.29, 0.717) is 24.0 Å². The van der Waals surface area contributed by atoms with E-state index in [0.717, 1.165) is 5.69 Å². The summed E-state index contributed by atoms with van der Waals surface area (Å²) in [7, 11) is 0. The molecule has 2 aromatic rings. The SMILES string of the molecule is CCNc1nc(C)cc(Nc2ccc(NC(=O)CC(F)(F)F)cc2)n1. The average molecular weight is 353 g/mol. The van der Waals surface area contributed by atoms with Crippen LogP contribution in [0.2, 0.25) is 0 Å². The summed E-state index contributed by atoms with van der Waals surface area (Å²) in [6.07, 6.45) is -6.04. The molecule has 0 unspecified atom stereocenters. The number of alkyl halides is 3. The number of hydrogen-bond acceptors (Lipinski definition) is 5. The lowest BCUT2D eigenvalue weighted by atomic mass is 10.2. The molecule has 25 heavy (non-hydrogen) atoms. The number of carbonyl (C=O) groups excluding carboxylic acids is 1. The second-order valence-electron chi connectivity index (χ2n) is 5.29. The molecule has 134 valence electrons. The molecule has 0 bridgehead atoms. The Labute approximate surface area is 142 Å². The molecule has 0 saturated heterocycles. The standard InChI is InChI=1S/C16H18F3N5O/c1-3-20-15-21-10(2)8-13(24-15)22-11-4-6-12(7-5-11)23-14(25)9-16(17,18)19/h4-8H,3,9H2,1-2H3,(H,23,25)(H2,20,21,22,24). The van der Waals surface area contributed by atoms with Crippen LogP contribution in [0.3, 0.4) is 0 Å². The topological polar surface area (TPSA) is 78.9 Å². The summed E-state index contributed by atoms with van der Waals surface area (Å²) in [5.41, 5.74) is 1.74. The number of nitrogens with zero attached hydrogens (tertiary/aromatic N) is 2. The van der Waals surface area contributed by atoms with Crippen molar-refractivity contribution in [3.05, 3.63) is 36.0 Å². The van der Waals surface area contributed by atoms with Gasteiger partial charge in [-0.3, -0.25) is 4.79 Å². The molecule has 9 heteroatoms. The monoisotopic (exact) mass is 353 g/mol. The fourth-order valence-corrected chi connectivity index (χ4v) is 2.04. The Balaban J connectivity index is 2.02. The summed E-state index contributed by atoms with van der Waals surface area (Å²) in [6, 6.07) is 8.05. The Morgan fingerprint density at radius 2 is 1.76 bits per heavy atom. The van der Waals surface area contributed by atoms with Crippen molar-refractivity contribution in [1.82, 2.24) is 9.97 Å². The quantitative estimate of drug-likeness (QED) is 0.735. The maximum absolute atomic E-state index is 12.1. The van der Waals surface area contributed by atoms with E-state index < -0.39 is 18.5 Å². The van der Waals surface area contributed by atoms with Crippen LogP contribution in [0.15, 0.2) is 30.3 Å². The van der Waals surface area contributed by atoms with Gasteiger partial charge in [0, 0.05) is 29.7 Å². The number of aryl methyl sites for hydroxylation is 1. The Morgan fingerprint density at radius 3 is 2.36 bits per heavy atom. The van der Waals surface area contributed by atoms with Crippen LogP contribution >= 0.6 is 0 Å². The highest BCUT2D eigenvalue weighted by atomic mass is 19.4. The summed E-state index contributed by atoms with van der Waals surface area (Å²) in [5.74, 6) is -0.0201. The molecular formula is C16H18F3N5O. The summed E-state index contributed by atoms with van der Waals surface area (Å²) in [4.78, 5) is 19.8. The van der Waals surface area contributed by atoms with Gasteiger partial charge < -0.3 is 16.0 Å². The Kier molecular flexibility index (Phi) is 5.79. The number of nitrogens with one attached hydrogen (secondary N) is 3. The molecule has 1 heterocycles. The predicted octanol–water partition coefficient (Wildman–Crippen LogP) is 3.85. The molecule has 0 aliphatic rings. The lowest BCUT2D eigenvalue weighted by molar-refractivity contribution is -0.150. The van der Waals surface area contributed by atoms with Crippen LogP contribution in [-0.2, 0) is 4.79 Å². The van der Waals surface area contributed by atoms with E-state index in [-0.39, 0.29) is 5.69 Å². The van der Waals surface area contributed by atoms with Gasteiger partial charge in [0.05, 0.1) is 0 Å². The molecule has 0 spiro atoms. The first-order valence-electron chi connectivity index (χ1n) is 7.58. The minimum Gasteiger partial charge on any atom is -0.354 e. The van der Waals surface area contributed by atoms with E-state index in [2.05, 4.69) is 25.9 Å². The van der Waals surface area contributed by atoms with Gasteiger partial charge >= 0.3 is 6.18 Å². The third-order valence-corrected chi connectivity index (χ3v) is 2.99. The molecule has 1 aromatic heterocycles. The maximum Gasteiger partial charge on any atom is 0.397 e. The van der Waals surface area contributed by atoms with E-state index in [1.165, 1.54) is 12.1 Å². The van der Waals surface area contributed by atoms with Crippen LogP contribution in [0.4, 0.5) is 36.3 Å². The summed E-state index contributed by atoms with van der Waals surface area (Å²) >= 11 is 0. The first kappa shape index (κ1) is 18.5. The van der Waals surface area contributed by atoms with Gasteiger partial charge in [0.1, 0.15) is 12.2 Å². The molecule has 1 aromatic carbocycles. The minimum atomic E-state index is -4.53. The molecule has 0 atom stereocenters. The second-order valence-corrected chi connectivity index (χ2v) is 5.29. The molecule has 0 saturated carbocycles. The number of benzene rings is 1. The minimum absolute atomic E-state index is 0.284. The predicted molar refractivity (Wildman–Crippen MR) is 90.0 cm³/mol. The van der Waals surface area contributed by atoms with Crippen molar-refractivity contribution in [1.29, 1.82) is 0 Å². The zero-order valence-corrected chi connectivity index (χ0v) is 13.7. The number of halogens is 3. The molecular weight excluding hydrogens is 335 g/mol. The molecule has 2 rings (SSSR count). The van der Waals surface area contributed by atoms with Gasteiger partial charge in [-0.15, -0.1) is 0 Å². The molecule has 0 aliphatic heterocycles. The van der Waals surface area contributed by atoms with Gasteiger partial charge in [-0.05, 0) is 38.1 Å². The highest BCUT2D eigenvalue weighted by Gasteiger charge is 2.31. The van der Waals surface area contributed by atoms with Crippen LogP contribution in [0, 0.1) is 6.92 Å². The van der Waals surface area contributed by atoms with Gasteiger partial charge in [0.15, 0.2) is 0 Å². The summed E-state index contributed by atoms with van der Waals surface area (Å²) in [5, 5.41) is 8.30. The zero-order chi connectivity index (χ0) is 18.4. The maximum atomic E-state index is 12.1. The van der Waals surface area contributed by atoms with Crippen molar-refractivity contribution in [2.75, 3.05) is 22.5 Å². The first-order valence-corrected chi connectivity index (χ1v) is 7.58. The van der Waals surface area contributed by atoms with E-state index in [1.807, 2.05) is 13.8 Å². The number of hydrogen-bond donors (Lipinski definition) is 3. The Bertz CT molecular complexity index is 732. The molecule has 6 nitrogen and oxygen atoms in total.